The van der Waals surface area contributed by atoms with E-state index in [9.17, 15) is 0 Å². The largest absolute Gasteiger partial charge is 0.356 e. The Labute approximate surface area is 153 Å². The number of hydrogen-bond acceptors (Lipinski definition) is 3. The minimum absolute atomic E-state index is 0.645. The van der Waals surface area contributed by atoms with Crippen LogP contribution in [-0.2, 0) is 0 Å². The molecule has 0 radical (unpaired) electrons. The van der Waals surface area contributed by atoms with E-state index >= 15 is 0 Å². The zero-order valence-electron chi connectivity index (χ0n) is 16.4. The quantitative estimate of drug-likeness (QED) is 0.221. The Balaban J connectivity index is 0.00000129. The normalized spacial score (nSPS) is 12.2. The van der Waals surface area contributed by atoms with Crippen LogP contribution in [0.3, 0.4) is 0 Å². The number of quaternary nitrogens is 1. The van der Waals surface area contributed by atoms with E-state index in [1.807, 2.05) is 0 Å². The van der Waals surface area contributed by atoms with Gasteiger partial charge < -0.3 is 19.8 Å². The van der Waals surface area contributed by atoms with E-state index < -0.39 is 5.09 Å². The van der Waals surface area contributed by atoms with E-state index in [0.29, 0.717) is 6.04 Å². The molecule has 1 atom stereocenters. The van der Waals surface area contributed by atoms with Crippen LogP contribution < -0.4 is 0 Å². The first-order valence-electron chi connectivity index (χ1n) is 9.54. The van der Waals surface area contributed by atoms with Crippen molar-refractivity contribution in [2.24, 2.45) is 0 Å². The Kier molecular flexibility index (Phi) is 12.8. The molecule has 1 aromatic carbocycles. The van der Waals surface area contributed by atoms with Crippen LogP contribution in [0.2, 0.25) is 0 Å². The topological polar surface area (TPSA) is 66.2 Å². The molecule has 5 heteroatoms. The second-order valence-electron chi connectivity index (χ2n) is 7.15. The predicted octanol–water partition coefficient (Wildman–Crippen LogP) is 5.73. The SMILES string of the molecule is CCCCCCCCCC(c1ccccc1)[N+](C)(C)CC.O=[N+]([O-])[O-]. The van der Waals surface area contributed by atoms with Crippen LogP contribution in [-0.4, -0.2) is 30.2 Å². The average Bonchev–Trinajstić information content (AvgIpc) is 2.57. The molecule has 0 bridgehead atoms. The molecule has 0 N–H and O–H groups in total. The van der Waals surface area contributed by atoms with Crippen molar-refractivity contribution < 1.29 is 9.57 Å². The highest BCUT2D eigenvalue weighted by Crippen LogP contribution is 2.30. The van der Waals surface area contributed by atoms with Gasteiger partial charge in [-0.2, -0.15) is 0 Å². The van der Waals surface area contributed by atoms with Crippen molar-refractivity contribution in [3.8, 4) is 0 Å². The minimum Gasteiger partial charge on any atom is -0.356 e. The highest BCUT2D eigenvalue weighted by Gasteiger charge is 2.27. The van der Waals surface area contributed by atoms with Crippen LogP contribution in [0.4, 0.5) is 0 Å². The summed E-state index contributed by atoms with van der Waals surface area (Å²) < 4.78 is 1.10. The van der Waals surface area contributed by atoms with Crippen molar-refractivity contribution >= 4 is 0 Å². The summed E-state index contributed by atoms with van der Waals surface area (Å²) in [6, 6.07) is 11.8. The minimum atomic E-state index is -1.75. The predicted molar refractivity (Wildman–Crippen MR) is 105 cm³/mol. The van der Waals surface area contributed by atoms with Crippen molar-refractivity contribution in [1.82, 2.24) is 0 Å². The van der Waals surface area contributed by atoms with Gasteiger partial charge in [-0.05, 0) is 13.3 Å². The van der Waals surface area contributed by atoms with Crippen LogP contribution in [0.25, 0.3) is 0 Å². The Bertz CT molecular complexity index is 446. The fourth-order valence-corrected chi connectivity index (χ4v) is 3.11. The molecule has 0 spiro atoms. The van der Waals surface area contributed by atoms with Gasteiger partial charge in [0.2, 0.25) is 0 Å². The molecule has 0 amide bonds. The van der Waals surface area contributed by atoms with Crippen LogP contribution in [0.15, 0.2) is 30.3 Å². The van der Waals surface area contributed by atoms with Crippen molar-refractivity contribution in [1.29, 1.82) is 0 Å². The maximum Gasteiger partial charge on any atom is 0.114 e. The van der Waals surface area contributed by atoms with Gasteiger partial charge in [0.05, 0.1) is 25.7 Å². The van der Waals surface area contributed by atoms with E-state index in [1.165, 1.54) is 63.5 Å². The Morgan fingerprint density at radius 1 is 0.920 bits per heavy atom. The Morgan fingerprint density at radius 2 is 1.40 bits per heavy atom. The molecule has 0 aliphatic carbocycles. The van der Waals surface area contributed by atoms with Crippen LogP contribution >= 0.6 is 0 Å². The third-order valence-corrected chi connectivity index (χ3v) is 4.92. The van der Waals surface area contributed by atoms with Crippen molar-refractivity contribution in [2.75, 3.05) is 20.6 Å². The molecule has 1 unspecified atom stereocenters. The molecule has 0 saturated heterocycles. The number of nitrogens with zero attached hydrogens (tertiary/aromatic N) is 2. The molecule has 0 saturated carbocycles. The van der Waals surface area contributed by atoms with E-state index in [4.69, 9.17) is 15.3 Å². The standard InChI is InChI=1S/C20H36N.NO3/c1-5-7-8-9-10-11-15-18-20(21(3,4)6-2)19-16-13-12-14-17-19;2-1(3)4/h12-14,16-17,20H,5-11,15,18H2,1-4H3;/q+1;-1. The van der Waals surface area contributed by atoms with Gasteiger partial charge in [0.15, 0.2) is 0 Å². The molecule has 0 fully saturated rings. The van der Waals surface area contributed by atoms with Gasteiger partial charge in [0, 0.05) is 12.0 Å². The van der Waals surface area contributed by atoms with Crippen molar-refractivity contribution in [3.63, 3.8) is 0 Å². The maximum absolute atomic E-state index is 8.25. The van der Waals surface area contributed by atoms with Gasteiger partial charge in [-0.3, -0.25) is 0 Å². The first-order valence-corrected chi connectivity index (χ1v) is 9.54. The van der Waals surface area contributed by atoms with Crippen LogP contribution in [0.5, 0.6) is 0 Å². The fourth-order valence-electron chi connectivity index (χ4n) is 3.11. The lowest BCUT2D eigenvalue weighted by Crippen LogP contribution is -2.42. The van der Waals surface area contributed by atoms with Gasteiger partial charge in [-0.25, -0.2) is 0 Å². The zero-order valence-corrected chi connectivity index (χ0v) is 16.4. The number of unbranched alkanes of at least 4 members (excludes halogenated alkanes) is 6. The van der Waals surface area contributed by atoms with Gasteiger partial charge in [0.1, 0.15) is 6.04 Å². The van der Waals surface area contributed by atoms with Gasteiger partial charge in [-0.15, -0.1) is 0 Å². The molecule has 5 nitrogen and oxygen atoms in total. The highest BCUT2D eigenvalue weighted by atomic mass is 16.9. The summed E-state index contributed by atoms with van der Waals surface area (Å²) in [4.78, 5) is 8.25. The molecule has 0 aromatic heterocycles. The van der Waals surface area contributed by atoms with Gasteiger partial charge in [0.25, 0.3) is 0 Å². The third-order valence-electron chi connectivity index (χ3n) is 4.92. The van der Waals surface area contributed by atoms with Crippen LogP contribution in [0.1, 0.15) is 76.8 Å². The number of rotatable bonds is 11. The summed E-state index contributed by atoms with van der Waals surface area (Å²) in [5.41, 5.74) is 1.51. The van der Waals surface area contributed by atoms with Gasteiger partial charge in [-0.1, -0.05) is 75.8 Å². The van der Waals surface area contributed by atoms with Crippen molar-refractivity contribution in [2.45, 2.75) is 71.3 Å². The molecule has 0 aliphatic heterocycles. The lowest BCUT2D eigenvalue weighted by atomic mass is 9.97. The number of hydrogen-bond donors (Lipinski definition) is 0. The summed E-state index contributed by atoms with van der Waals surface area (Å²) in [6.45, 7) is 5.78. The van der Waals surface area contributed by atoms with E-state index in [2.05, 4.69) is 58.3 Å². The first-order chi connectivity index (χ1) is 11.8. The molecule has 0 aliphatic rings. The summed E-state index contributed by atoms with van der Waals surface area (Å²) in [7, 11) is 4.75. The first kappa shape index (κ1) is 23.4. The number of benzene rings is 1. The fraction of sp³-hybridized carbons (Fsp3) is 0.700. The van der Waals surface area contributed by atoms with Gasteiger partial charge >= 0.3 is 0 Å². The maximum atomic E-state index is 8.25. The summed E-state index contributed by atoms with van der Waals surface area (Å²) in [5.74, 6) is 0. The molecule has 1 aromatic rings. The average molecular weight is 353 g/mol. The molecule has 25 heavy (non-hydrogen) atoms. The monoisotopic (exact) mass is 352 g/mol. The third kappa shape index (κ3) is 11.5. The van der Waals surface area contributed by atoms with Crippen LogP contribution in [0, 0.1) is 15.3 Å². The molecule has 1 rings (SSSR count). The molecular formula is C20H36N2O3. The van der Waals surface area contributed by atoms with Crippen molar-refractivity contribution in [3.05, 3.63) is 51.2 Å². The second kappa shape index (κ2) is 13.6. The smallest absolute Gasteiger partial charge is 0.114 e. The Hall–Kier alpha value is -1.62. The Morgan fingerprint density at radius 3 is 1.88 bits per heavy atom. The van der Waals surface area contributed by atoms with E-state index in [1.54, 1.807) is 0 Å². The zero-order chi connectivity index (χ0) is 19.1. The lowest BCUT2D eigenvalue weighted by molar-refractivity contribution is -0.920. The summed E-state index contributed by atoms with van der Waals surface area (Å²) >= 11 is 0. The summed E-state index contributed by atoms with van der Waals surface area (Å²) in [5, 5.41) is 14.8. The molecule has 0 heterocycles. The second-order valence-corrected chi connectivity index (χ2v) is 7.15. The molecular weight excluding hydrogens is 316 g/mol. The summed E-state index contributed by atoms with van der Waals surface area (Å²) in [6.07, 6.45) is 11.1. The highest BCUT2D eigenvalue weighted by molar-refractivity contribution is 5.17. The molecule has 144 valence electrons. The lowest BCUT2D eigenvalue weighted by Gasteiger charge is -2.37. The van der Waals surface area contributed by atoms with E-state index in [-0.39, 0.29) is 0 Å². The van der Waals surface area contributed by atoms with E-state index in [0.717, 1.165) is 4.48 Å².